The molecule has 1 aromatic heterocycles. The minimum Gasteiger partial charge on any atom is -0.444 e. The van der Waals surface area contributed by atoms with E-state index in [1.807, 2.05) is 0 Å². The van der Waals surface area contributed by atoms with Crippen molar-refractivity contribution in [3.8, 4) is 0 Å². The first kappa shape index (κ1) is 5.11. The highest BCUT2D eigenvalue weighted by Crippen LogP contribution is 2.00. The van der Waals surface area contributed by atoms with Crippen molar-refractivity contribution >= 4 is 5.82 Å². The Labute approximate surface area is 45.9 Å². The zero-order chi connectivity index (χ0) is 5.98. The maximum atomic E-state index is 8.34. The zero-order valence-corrected chi connectivity index (χ0v) is 4.16. The van der Waals surface area contributed by atoms with Crippen molar-refractivity contribution in [1.82, 2.24) is 4.98 Å². The van der Waals surface area contributed by atoms with Crippen LogP contribution in [-0.4, -0.2) is 10.1 Å². The maximum absolute atomic E-state index is 8.34. The van der Waals surface area contributed by atoms with E-state index in [0.717, 1.165) is 0 Å². The van der Waals surface area contributed by atoms with Crippen molar-refractivity contribution < 1.29 is 9.52 Å². The summed E-state index contributed by atoms with van der Waals surface area (Å²) in [6.07, 6.45) is 1.28. The first-order chi connectivity index (χ1) is 3.83. The Kier molecular flexibility index (Phi) is 1.17. The van der Waals surface area contributed by atoms with Crippen molar-refractivity contribution in [3.05, 3.63) is 12.2 Å². The molecule has 0 radical (unpaired) electrons. The number of nitrogens with zero attached hydrogens (tertiary/aromatic N) is 1. The van der Waals surface area contributed by atoms with Crippen LogP contribution in [-0.2, 0) is 6.61 Å². The summed E-state index contributed by atoms with van der Waals surface area (Å²) in [5.74, 6) is 0.552. The number of nitrogens with two attached hydrogens (primary N) is 1. The van der Waals surface area contributed by atoms with E-state index in [1.165, 1.54) is 6.26 Å². The summed E-state index contributed by atoms with van der Waals surface area (Å²) in [6, 6.07) is 0. The zero-order valence-electron chi connectivity index (χ0n) is 4.16. The molecule has 4 nitrogen and oxygen atoms in total. The minimum absolute atomic E-state index is 0.197. The number of hydrogen-bond donors (Lipinski definition) is 2. The fourth-order valence-corrected chi connectivity index (χ4v) is 0.398. The van der Waals surface area contributed by atoms with Crippen molar-refractivity contribution in [3.63, 3.8) is 0 Å². The minimum atomic E-state index is -0.197. The molecule has 3 N–H and O–H groups in total. The van der Waals surface area contributed by atoms with E-state index in [4.69, 9.17) is 10.8 Å². The highest BCUT2D eigenvalue weighted by molar-refractivity contribution is 5.21. The van der Waals surface area contributed by atoms with Gasteiger partial charge in [0.25, 0.3) is 0 Å². The molecule has 0 aliphatic carbocycles. The van der Waals surface area contributed by atoms with Gasteiger partial charge >= 0.3 is 0 Å². The second-order valence-corrected chi connectivity index (χ2v) is 1.32. The van der Waals surface area contributed by atoms with Crippen LogP contribution in [0.25, 0.3) is 0 Å². The standard InChI is InChI=1S/C4H6N2O2/c5-3-2-8-4(1-7)6-3/h2,7H,1,5H2. The number of rotatable bonds is 1. The smallest absolute Gasteiger partial charge is 0.221 e. The van der Waals surface area contributed by atoms with Crippen LogP contribution < -0.4 is 5.73 Å². The highest BCUT2D eigenvalue weighted by Gasteiger charge is 1.94. The van der Waals surface area contributed by atoms with Gasteiger partial charge in [-0.25, -0.2) is 0 Å². The van der Waals surface area contributed by atoms with Crippen LogP contribution in [0.4, 0.5) is 5.82 Å². The molecule has 4 heteroatoms. The first-order valence-electron chi connectivity index (χ1n) is 2.13. The monoisotopic (exact) mass is 114 g/mol. The third kappa shape index (κ3) is 0.788. The second kappa shape index (κ2) is 1.83. The molecule has 0 aliphatic rings. The molecule has 8 heavy (non-hydrogen) atoms. The van der Waals surface area contributed by atoms with Gasteiger partial charge in [-0.1, -0.05) is 0 Å². The molecular formula is C4H6N2O2. The van der Waals surface area contributed by atoms with Crippen LogP contribution in [0.2, 0.25) is 0 Å². The number of nitrogen functional groups attached to an aromatic ring is 1. The summed E-state index contributed by atoms with van der Waals surface area (Å²) in [5.41, 5.74) is 5.14. The number of hydrogen-bond acceptors (Lipinski definition) is 4. The predicted molar refractivity (Wildman–Crippen MR) is 26.8 cm³/mol. The van der Waals surface area contributed by atoms with Crippen LogP contribution in [0.15, 0.2) is 10.7 Å². The number of aromatic nitrogens is 1. The van der Waals surface area contributed by atoms with E-state index in [-0.39, 0.29) is 12.5 Å². The SMILES string of the molecule is Nc1coc(CO)n1. The Morgan fingerprint density at radius 2 is 2.62 bits per heavy atom. The molecule has 44 valence electrons. The summed E-state index contributed by atoms with van der Waals surface area (Å²) < 4.78 is 4.63. The summed E-state index contributed by atoms with van der Waals surface area (Å²) in [6.45, 7) is -0.197. The van der Waals surface area contributed by atoms with Gasteiger partial charge in [0.05, 0.1) is 0 Å². The lowest BCUT2D eigenvalue weighted by molar-refractivity contribution is 0.240. The lowest BCUT2D eigenvalue weighted by Gasteiger charge is -1.78. The number of aliphatic hydroxyl groups is 1. The second-order valence-electron chi connectivity index (χ2n) is 1.32. The van der Waals surface area contributed by atoms with Crippen molar-refractivity contribution in [2.75, 3.05) is 5.73 Å². The van der Waals surface area contributed by atoms with E-state index in [9.17, 15) is 0 Å². The van der Waals surface area contributed by atoms with Crippen molar-refractivity contribution in [2.45, 2.75) is 6.61 Å². The lowest BCUT2D eigenvalue weighted by atomic mass is 10.7. The molecule has 0 fully saturated rings. The van der Waals surface area contributed by atoms with Gasteiger partial charge in [-0.05, 0) is 0 Å². The Morgan fingerprint density at radius 1 is 1.88 bits per heavy atom. The molecule has 1 rings (SSSR count). The normalized spacial score (nSPS) is 9.62. The number of oxazole rings is 1. The largest absolute Gasteiger partial charge is 0.444 e. The van der Waals surface area contributed by atoms with Crippen LogP contribution in [0.1, 0.15) is 5.89 Å². The Hall–Kier alpha value is -1.03. The number of aliphatic hydroxyl groups excluding tert-OH is 1. The van der Waals surface area contributed by atoms with Crippen LogP contribution in [0.5, 0.6) is 0 Å². The molecule has 0 spiro atoms. The highest BCUT2D eigenvalue weighted by atomic mass is 16.4. The lowest BCUT2D eigenvalue weighted by Crippen LogP contribution is -1.85. The van der Waals surface area contributed by atoms with Gasteiger partial charge in [-0.3, -0.25) is 0 Å². The third-order valence-electron chi connectivity index (χ3n) is 0.705. The number of anilines is 1. The Bertz CT molecular complexity index is 172. The predicted octanol–water partition coefficient (Wildman–Crippen LogP) is -0.251. The van der Waals surface area contributed by atoms with Gasteiger partial charge in [0.2, 0.25) is 5.89 Å². The molecule has 0 atom stereocenters. The molecule has 0 unspecified atom stereocenters. The van der Waals surface area contributed by atoms with Gasteiger partial charge < -0.3 is 15.3 Å². The molecule has 0 amide bonds. The van der Waals surface area contributed by atoms with E-state index in [2.05, 4.69) is 9.40 Å². The Balaban J connectivity index is 2.84. The topological polar surface area (TPSA) is 72.3 Å². The van der Waals surface area contributed by atoms with Gasteiger partial charge in [0.15, 0.2) is 5.82 Å². The van der Waals surface area contributed by atoms with Crippen LogP contribution in [0.3, 0.4) is 0 Å². The summed E-state index contributed by atoms with van der Waals surface area (Å²) in [4.78, 5) is 3.59. The fourth-order valence-electron chi connectivity index (χ4n) is 0.398. The quantitative estimate of drug-likeness (QED) is 0.528. The molecule has 1 heterocycles. The molecule has 1 aromatic rings. The maximum Gasteiger partial charge on any atom is 0.221 e. The van der Waals surface area contributed by atoms with Gasteiger partial charge in [-0.15, -0.1) is 0 Å². The molecule has 0 aliphatic heterocycles. The summed E-state index contributed by atoms with van der Waals surface area (Å²) in [5, 5.41) is 8.34. The first-order valence-corrected chi connectivity index (χ1v) is 2.13. The van der Waals surface area contributed by atoms with Crippen molar-refractivity contribution in [1.29, 1.82) is 0 Å². The summed E-state index contributed by atoms with van der Waals surface area (Å²) in [7, 11) is 0. The van der Waals surface area contributed by atoms with E-state index in [1.54, 1.807) is 0 Å². The molecule has 0 aromatic carbocycles. The average Bonchev–Trinajstić information content (AvgIpc) is 2.14. The van der Waals surface area contributed by atoms with Crippen molar-refractivity contribution in [2.24, 2.45) is 0 Å². The van der Waals surface area contributed by atoms with Gasteiger partial charge in [0.1, 0.15) is 12.9 Å². The molecule has 0 saturated heterocycles. The molecule has 0 saturated carbocycles. The van der Waals surface area contributed by atoms with E-state index >= 15 is 0 Å². The van der Waals surface area contributed by atoms with E-state index < -0.39 is 0 Å². The van der Waals surface area contributed by atoms with Gasteiger partial charge in [0, 0.05) is 0 Å². The molecular weight excluding hydrogens is 108 g/mol. The average molecular weight is 114 g/mol. The van der Waals surface area contributed by atoms with E-state index in [0.29, 0.717) is 5.82 Å². The van der Waals surface area contributed by atoms with Crippen LogP contribution >= 0.6 is 0 Å². The van der Waals surface area contributed by atoms with Crippen LogP contribution in [0, 0.1) is 0 Å². The molecule has 0 bridgehead atoms. The third-order valence-corrected chi connectivity index (χ3v) is 0.705. The fraction of sp³-hybridized carbons (Fsp3) is 0.250. The van der Waals surface area contributed by atoms with Gasteiger partial charge in [-0.2, -0.15) is 4.98 Å². The Morgan fingerprint density at radius 3 is 2.88 bits per heavy atom. The summed E-state index contributed by atoms with van der Waals surface area (Å²) >= 11 is 0.